The van der Waals surface area contributed by atoms with Crippen LogP contribution in [0.25, 0.3) is 11.0 Å². The summed E-state index contributed by atoms with van der Waals surface area (Å²) in [5.74, 6) is 1.29. The second kappa shape index (κ2) is 9.93. The number of rotatable bonds is 9. The van der Waals surface area contributed by atoms with Gasteiger partial charge >= 0.3 is 0 Å². The predicted octanol–water partition coefficient (Wildman–Crippen LogP) is 3.59. The van der Waals surface area contributed by atoms with E-state index in [1.807, 2.05) is 42.7 Å². The first-order chi connectivity index (χ1) is 14.1. The van der Waals surface area contributed by atoms with Crippen molar-refractivity contribution in [2.45, 2.75) is 19.0 Å². The highest BCUT2D eigenvalue weighted by molar-refractivity contribution is 7.98. The molecule has 150 valence electrons. The van der Waals surface area contributed by atoms with Gasteiger partial charge in [-0.25, -0.2) is 4.98 Å². The highest BCUT2D eigenvalue weighted by atomic mass is 32.2. The third-order valence-electron chi connectivity index (χ3n) is 4.52. The molecule has 0 bridgehead atoms. The van der Waals surface area contributed by atoms with E-state index in [2.05, 4.69) is 27.2 Å². The molecule has 0 saturated carbocycles. The van der Waals surface area contributed by atoms with E-state index in [0.717, 1.165) is 34.6 Å². The van der Waals surface area contributed by atoms with Crippen LogP contribution in [0.5, 0.6) is 0 Å². The molecule has 2 amide bonds. The molecule has 0 fully saturated rings. The summed E-state index contributed by atoms with van der Waals surface area (Å²) in [6.45, 7) is 3.81. The van der Waals surface area contributed by atoms with Gasteiger partial charge in [0.25, 0.3) is 5.91 Å². The Morgan fingerprint density at radius 3 is 2.66 bits per heavy atom. The van der Waals surface area contributed by atoms with Crippen molar-refractivity contribution >= 4 is 34.6 Å². The number of amides is 2. The molecule has 1 aromatic heterocycles. The van der Waals surface area contributed by atoms with Gasteiger partial charge < -0.3 is 15.6 Å². The number of nitrogens with zero attached hydrogens (tertiary/aromatic N) is 1. The fourth-order valence-electron chi connectivity index (χ4n) is 2.93. The van der Waals surface area contributed by atoms with E-state index < -0.39 is 0 Å². The molecule has 0 spiro atoms. The van der Waals surface area contributed by atoms with Crippen LogP contribution in [0.4, 0.5) is 0 Å². The number of H-pyrrole nitrogens is 1. The number of aromatic amines is 1. The number of fused-ring (bicyclic) bond motifs is 1. The van der Waals surface area contributed by atoms with E-state index in [1.54, 1.807) is 23.9 Å². The van der Waals surface area contributed by atoms with Gasteiger partial charge in [0.1, 0.15) is 5.82 Å². The Kier molecular flexibility index (Phi) is 7.08. The minimum absolute atomic E-state index is 0.154. The second-order valence-electron chi connectivity index (χ2n) is 6.57. The summed E-state index contributed by atoms with van der Waals surface area (Å²) in [4.78, 5) is 32.0. The molecule has 3 aromatic rings. The van der Waals surface area contributed by atoms with Gasteiger partial charge in [-0.3, -0.25) is 9.59 Å². The van der Waals surface area contributed by atoms with Gasteiger partial charge in [0, 0.05) is 12.1 Å². The summed E-state index contributed by atoms with van der Waals surface area (Å²) in [5.41, 5.74) is 3.32. The molecule has 3 N–H and O–H groups in total. The van der Waals surface area contributed by atoms with Gasteiger partial charge in [0.15, 0.2) is 0 Å². The first-order valence-corrected chi connectivity index (χ1v) is 10.7. The van der Waals surface area contributed by atoms with E-state index in [4.69, 9.17) is 0 Å². The zero-order valence-electron chi connectivity index (χ0n) is 16.3. The summed E-state index contributed by atoms with van der Waals surface area (Å²) < 4.78 is 0. The number of para-hydroxylation sites is 2. The summed E-state index contributed by atoms with van der Waals surface area (Å²) >= 11 is 1.73. The Hall–Kier alpha value is -3.06. The Morgan fingerprint density at radius 2 is 1.97 bits per heavy atom. The smallest absolute Gasteiger partial charge is 0.251 e. The quantitative estimate of drug-likeness (QED) is 0.472. The van der Waals surface area contributed by atoms with Crippen molar-refractivity contribution in [3.8, 4) is 0 Å². The molecule has 6 nitrogen and oxygen atoms in total. The molecule has 0 saturated heterocycles. The molecule has 0 aliphatic carbocycles. The Labute approximate surface area is 174 Å². The number of hydrogen-bond acceptors (Lipinski definition) is 4. The van der Waals surface area contributed by atoms with Crippen LogP contribution >= 0.6 is 11.8 Å². The molecule has 7 heteroatoms. The molecule has 1 atom stereocenters. The fraction of sp³-hybridized carbons (Fsp3) is 0.227. The van der Waals surface area contributed by atoms with Crippen molar-refractivity contribution in [1.82, 2.24) is 20.6 Å². The summed E-state index contributed by atoms with van der Waals surface area (Å²) in [5, 5.41) is 5.81. The van der Waals surface area contributed by atoms with Crippen molar-refractivity contribution in [3.63, 3.8) is 0 Å². The highest BCUT2D eigenvalue weighted by Gasteiger charge is 2.19. The maximum atomic E-state index is 12.8. The first kappa shape index (κ1) is 20.7. The molecule has 0 aliphatic heterocycles. The zero-order chi connectivity index (χ0) is 20.6. The lowest BCUT2D eigenvalue weighted by atomic mass is 10.1. The molecular weight excluding hydrogens is 384 g/mol. The SMILES string of the molecule is C=CC(=O)NCc1ccc(C(=O)N[C@H](CCSC)c2nc3ccccc3[nH]2)cc1. The molecule has 0 aliphatic rings. The number of carbonyl (C=O) groups is 2. The van der Waals surface area contributed by atoms with Crippen LogP contribution in [0, 0.1) is 0 Å². The number of aromatic nitrogens is 2. The minimum Gasteiger partial charge on any atom is -0.348 e. The van der Waals surface area contributed by atoms with Crippen LogP contribution in [0.3, 0.4) is 0 Å². The fourth-order valence-corrected chi connectivity index (χ4v) is 3.40. The Bertz CT molecular complexity index is 964. The van der Waals surface area contributed by atoms with Crippen LogP contribution in [-0.4, -0.2) is 33.8 Å². The Morgan fingerprint density at radius 1 is 1.21 bits per heavy atom. The first-order valence-electron chi connectivity index (χ1n) is 9.34. The highest BCUT2D eigenvalue weighted by Crippen LogP contribution is 2.20. The normalized spacial score (nSPS) is 11.8. The van der Waals surface area contributed by atoms with Crippen molar-refractivity contribution in [3.05, 3.63) is 78.1 Å². The van der Waals surface area contributed by atoms with Gasteiger partial charge in [-0.05, 0) is 54.3 Å². The minimum atomic E-state index is -0.228. The number of carbonyl (C=O) groups excluding carboxylic acids is 2. The van der Waals surface area contributed by atoms with Gasteiger partial charge in [-0.1, -0.05) is 30.8 Å². The van der Waals surface area contributed by atoms with Crippen molar-refractivity contribution < 1.29 is 9.59 Å². The average Bonchev–Trinajstić information content (AvgIpc) is 3.19. The van der Waals surface area contributed by atoms with Gasteiger partial charge in [0.05, 0.1) is 17.1 Å². The molecule has 1 heterocycles. The largest absolute Gasteiger partial charge is 0.348 e. The van der Waals surface area contributed by atoms with E-state index >= 15 is 0 Å². The molecule has 29 heavy (non-hydrogen) atoms. The third kappa shape index (κ3) is 5.48. The monoisotopic (exact) mass is 408 g/mol. The number of benzene rings is 2. The molecule has 0 radical (unpaired) electrons. The van der Waals surface area contributed by atoms with Gasteiger partial charge in [-0.2, -0.15) is 11.8 Å². The zero-order valence-corrected chi connectivity index (χ0v) is 17.1. The lowest BCUT2D eigenvalue weighted by Crippen LogP contribution is -2.29. The van der Waals surface area contributed by atoms with E-state index in [1.165, 1.54) is 6.08 Å². The summed E-state index contributed by atoms with van der Waals surface area (Å²) in [7, 11) is 0. The lowest BCUT2D eigenvalue weighted by molar-refractivity contribution is -0.116. The Balaban J connectivity index is 1.70. The number of imidazole rings is 1. The topological polar surface area (TPSA) is 86.9 Å². The summed E-state index contributed by atoms with van der Waals surface area (Å²) in [6.07, 6.45) is 4.05. The van der Waals surface area contributed by atoms with Crippen molar-refractivity contribution in [2.75, 3.05) is 12.0 Å². The van der Waals surface area contributed by atoms with Crippen LogP contribution in [0.1, 0.15) is 34.2 Å². The van der Waals surface area contributed by atoms with Crippen molar-refractivity contribution in [1.29, 1.82) is 0 Å². The average molecular weight is 409 g/mol. The van der Waals surface area contributed by atoms with Crippen LogP contribution in [0.15, 0.2) is 61.2 Å². The standard InChI is InChI=1S/C22H24N4O2S/c1-3-20(27)23-14-15-8-10-16(11-9-15)22(28)26-19(12-13-29-2)21-24-17-6-4-5-7-18(17)25-21/h3-11,19H,1,12-14H2,2H3,(H,23,27)(H,24,25)(H,26,28)/t19-/m1/s1. The second-order valence-corrected chi connectivity index (χ2v) is 7.55. The molecular formula is C22H24N4O2S. The lowest BCUT2D eigenvalue weighted by Gasteiger charge is -2.16. The predicted molar refractivity (Wildman–Crippen MR) is 118 cm³/mol. The maximum absolute atomic E-state index is 12.8. The van der Waals surface area contributed by atoms with E-state index in [0.29, 0.717) is 12.1 Å². The van der Waals surface area contributed by atoms with E-state index in [-0.39, 0.29) is 17.9 Å². The van der Waals surface area contributed by atoms with Gasteiger partial charge in [-0.15, -0.1) is 0 Å². The molecule has 0 unspecified atom stereocenters. The third-order valence-corrected chi connectivity index (χ3v) is 5.17. The van der Waals surface area contributed by atoms with Gasteiger partial charge in [0.2, 0.25) is 5.91 Å². The number of hydrogen-bond donors (Lipinski definition) is 3. The van der Waals surface area contributed by atoms with Crippen molar-refractivity contribution in [2.24, 2.45) is 0 Å². The number of thioether (sulfide) groups is 1. The molecule has 2 aromatic carbocycles. The molecule has 3 rings (SSSR count). The van der Waals surface area contributed by atoms with E-state index in [9.17, 15) is 9.59 Å². The van der Waals surface area contributed by atoms with Crippen LogP contribution in [-0.2, 0) is 11.3 Å². The number of nitrogens with one attached hydrogen (secondary N) is 3. The maximum Gasteiger partial charge on any atom is 0.251 e. The summed E-state index contributed by atoms with van der Waals surface area (Å²) in [6, 6.07) is 14.8. The van der Waals surface area contributed by atoms with Crippen LogP contribution < -0.4 is 10.6 Å². The van der Waals surface area contributed by atoms with Crippen LogP contribution in [0.2, 0.25) is 0 Å².